The van der Waals surface area contributed by atoms with Crippen LogP contribution in [0.25, 0.3) is 5.69 Å². The maximum atomic E-state index is 13.8. The molecule has 5 nitrogen and oxygen atoms in total. The average Bonchev–Trinajstić information content (AvgIpc) is 3.49. The van der Waals surface area contributed by atoms with E-state index in [0.717, 1.165) is 16.8 Å². The maximum absolute atomic E-state index is 13.8. The summed E-state index contributed by atoms with van der Waals surface area (Å²) < 4.78 is 2.01. The van der Waals surface area contributed by atoms with Crippen molar-refractivity contribution in [3.63, 3.8) is 0 Å². The Morgan fingerprint density at radius 3 is 1.97 bits per heavy atom. The Labute approximate surface area is 212 Å². The first kappa shape index (κ1) is 23.6. The van der Waals surface area contributed by atoms with Crippen molar-refractivity contribution in [3.8, 4) is 5.69 Å². The number of hydrogen-bond donors (Lipinski definition) is 1. The van der Waals surface area contributed by atoms with Gasteiger partial charge in [-0.1, -0.05) is 60.7 Å². The molecule has 1 saturated heterocycles. The molecule has 0 spiro atoms. The highest BCUT2D eigenvalue weighted by atomic mass is 16.2. The third kappa shape index (κ3) is 4.69. The summed E-state index contributed by atoms with van der Waals surface area (Å²) in [7, 11) is 0. The minimum atomic E-state index is -0.667. The van der Waals surface area contributed by atoms with Crippen molar-refractivity contribution in [1.82, 2.24) is 14.8 Å². The van der Waals surface area contributed by atoms with Crippen LogP contribution in [-0.4, -0.2) is 34.4 Å². The molecule has 1 unspecified atom stereocenters. The lowest BCUT2D eigenvalue weighted by atomic mass is 9.71. The van der Waals surface area contributed by atoms with Crippen molar-refractivity contribution in [2.75, 3.05) is 13.1 Å². The molecule has 3 aromatic carbocycles. The van der Waals surface area contributed by atoms with E-state index in [1.54, 1.807) is 0 Å². The van der Waals surface area contributed by atoms with E-state index in [0.29, 0.717) is 31.5 Å². The number of amides is 2. The van der Waals surface area contributed by atoms with Gasteiger partial charge in [0.25, 0.3) is 5.91 Å². The van der Waals surface area contributed by atoms with Crippen LogP contribution in [0.1, 0.15) is 47.3 Å². The minimum absolute atomic E-state index is 0.00813. The lowest BCUT2D eigenvalue weighted by molar-refractivity contribution is -0.129. The van der Waals surface area contributed by atoms with Gasteiger partial charge in [0.2, 0.25) is 5.91 Å². The summed E-state index contributed by atoms with van der Waals surface area (Å²) in [6.07, 6.45) is 5.12. The molecule has 1 atom stereocenters. The number of benzene rings is 3. The van der Waals surface area contributed by atoms with E-state index in [2.05, 4.69) is 5.32 Å². The van der Waals surface area contributed by atoms with Gasteiger partial charge in [-0.05, 0) is 67.3 Å². The molecule has 5 heteroatoms. The Bertz CT molecular complexity index is 1290. The third-order valence-corrected chi connectivity index (χ3v) is 7.33. The van der Waals surface area contributed by atoms with Crippen molar-refractivity contribution in [1.29, 1.82) is 0 Å². The van der Waals surface area contributed by atoms with E-state index in [1.165, 1.54) is 0 Å². The molecule has 4 aromatic rings. The highest BCUT2D eigenvalue weighted by Crippen LogP contribution is 2.37. The molecule has 1 fully saturated rings. The number of hydrogen-bond acceptors (Lipinski definition) is 2. The van der Waals surface area contributed by atoms with Crippen LogP contribution in [0.15, 0.2) is 109 Å². The fourth-order valence-corrected chi connectivity index (χ4v) is 5.12. The summed E-state index contributed by atoms with van der Waals surface area (Å²) in [5.74, 6) is 0.0296. The highest BCUT2D eigenvalue weighted by Gasteiger charge is 2.44. The Morgan fingerprint density at radius 2 is 1.36 bits per heavy atom. The summed E-state index contributed by atoms with van der Waals surface area (Å²) in [5, 5.41) is 3.26. The van der Waals surface area contributed by atoms with Gasteiger partial charge >= 0.3 is 0 Å². The molecule has 1 aromatic heterocycles. The van der Waals surface area contributed by atoms with Crippen LogP contribution in [0.4, 0.5) is 0 Å². The maximum Gasteiger partial charge on any atom is 0.253 e. The lowest BCUT2D eigenvalue weighted by Crippen LogP contribution is -2.53. The standard InChI is InChI=1S/C31H31N3O2/c1-24(25-10-4-2-5-11-25)32-30(36)31(27-12-6-3-7-13-27)18-22-34(23-19-31)29(35)26-14-16-28(17-15-26)33-20-8-9-21-33/h2-17,20-21,24H,18-19,22-23H2,1H3,(H,32,36). The summed E-state index contributed by atoms with van der Waals surface area (Å²) in [5.41, 5.74) is 3.10. The van der Waals surface area contributed by atoms with Gasteiger partial charge in [0.05, 0.1) is 11.5 Å². The zero-order valence-electron chi connectivity index (χ0n) is 20.5. The van der Waals surface area contributed by atoms with E-state index >= 15 is 0 Å². The number of rotatable bonds is 6. The first-order valence-electron chi connectivity index (χ1n) is 12.5. The highest BCUT2D eigenvalue weighted by molar-refractivity contribution is 5.95. The second-order valence-corrected chi connectivity index (χ2v) is 9.48. The summed E-state index contributed by atoms with van der Waals surface area (Å²) in [6, 6.07) is 31.5. The van der Waals surface area contributed by atoms with Gasteiger partial charge in [-0.2, -0.15) is 0 Å². The van der Waals surface area contributed by atoms with Crippen molar-refractivity contribution in [2.24, 2.45) is 0 Å². The van der Waals surface area contributed by atoms with Gasteiger partial charge in [0, 0.05) is 36.7 Å². The zero-order chi connectivity index (χ0) is 25.0. The van der Waals surface area contributed by atoms with Gasteiger partial charge < -0.3 is 14.8 Å². The van der Waals surface area contributed by atoms with Crippen molar-refractivity contribution in [3.05, 3.63) is 126 Å². The fourth-order valence-electron chi connectivity index (χ4n) is 5.12. The summed E-state index contributed by atoms with van der Waals surface area (Å²) >= 11 is 0. The Balaban J connectivity index is 1.32. The molecule has 1 aliphatic rings. The monoisotopic (exact) mass is 477 g/mol. The topological polar surface area (TPSA) is 54.3 Å². The zero-order valence-corrected chi connectivity index (χ0v) is 20.5. The molecule has 0 bridgehead atoms. The lowest BCUT2D eigenvalue weighted by Gasteiger charge is -2.41. The normalized spacial score (nSPS) is 15.8. The summed E-state index contributed by atoms with van der Waals surface area (Å²) in [4.78, 5) is 29.0. The molecule has 1 aliphatic heterocycles. The SMILES string of the molecule is CC(NC(=O)C1(c2ccccc2)CCN(C(=O)c2ccc(-n3cccc3)cc2)CC1)c1ccccc1. The smallest absolute Gasteiger partial charge is 0.253 e. The van der Waals surface area contributed by atoms with Gasteiger partial charge in [-0.15, -0.1) is 0 Å². The first-order valence-corrected chi connectivity index (χ1v) is 12.5. The predicted molar refractivity (Wildman–Crippen MR) is 142 cm³/mol. The molecular weight excluding hydrogens is 446 g/mol. The molecule has 182 valence electrons. The van der Waals surface area contributed by atoms with E-state index in [1.807, 2.05) is 126 Å². The van der Waals surface area contributed by atoms with Gasteiger partial charge in [-0.3, -0.25) is 9.59 Å². The Kier molecular flexibility index (Phi) is 6.72. The van der Waals surface area contributed by atoms with Crippen LogP contribution in [0, 0.1) is 0 Å². The molecule has 5 rings (SSSR count). The third-order valence-electron chi connectivity index (χ3n) is 7.33. The first-order chi connectivity index (χ1) is 17.6. The van der Waals surface area contributed by atoms with Crippen LogP contribution in [0.5, 0.6) is 0 Å². The number of nitrogens with one attached hydrogen (secondary N) is 1. The van der Waals surface area contributed by atoms with Crippen molar-refractivity contribution in [2.45, 2.75) is 31.2 Å². The van der Waals surface area contributed by atoms with E-state index in [9.17, 15) is 9.59 Å². The average molecular weight is 478 g/mol. The molecule has 2 amide bonds. The summed E-state index contributed by atoms with van der Waals surface area (Å²) in [6.45, 7) is 3.07. The second-order valence-electron chi connectivity index (χ2n) is 9.48. The van der Waals surface area contributed by atoms with E-state index in [-0.39, 0.29) is 17.9 Å². The molecule has 0 saturated carbocycles. The number of aromatic nitrogens is 1. The number of piperidine rings is 1. The minimum Gasteiger partial charge on any atom is -0.349 e. The Morgan fingerprint density at radius 1 is 0.778 bits per heavy atom. The number of carbonyl (C=O) groups excluding carboxylic acids is 2. The van der Waals surface area contributed by atoms with E-state index < -0.39 is 5.41 Å². The Hall–Kier alpha value is -4.12. The van der Waals surface area contributed by atoms with Crippen molar-refractivity contribution < 1.29 is 9.59 Å². The molecular formula is C31H31N3O2. The second kappa shape index (κ2) is 10.2. The van der Waals surface area contributed by atoms with Crippen LogP contribution in [-0.2, 0) is 10.2 Å². The van der Waals surface area contributed by atoms with Crippen LogP contribution in [0.3, 0.4) is 0 Å². The molecule has 2 heterocycles. The van der Waals surface area contributed by atoms with Crippen LogP contribution < -0.4 is 5.32 Å². The molecule has 1 N–H and O–H groups in total. The predicted octanol–water partition coefficient (Wildman–Crippen LogP) is 5.53. The largest absolute Gasteiger partial charge is 0.349 e. The van der Waals surface area contributed by atoms with Crippen LogP contribution >= 0.6 is 0 Å². The number of carbonyl (C=O) groups is 2. The number of nitrogens with zero attached hydrogens (tertiary/aromatic N) is 2. The molecule has 36 heavy (non-hydrogen) atoms. The van der Waals surface area contributed by atoms with Gasteiger partial charge in [0.15, 0.2) is 0 Å². The molecule has 0 aliphatic carbocycles. The number of likely N-dealkylation sites (tertiary alicyclic amines) is 1. The molecule has 0 radical (unpaired) electrons. The van der Waals surface area contributed by atoms with Gasteiger partial charge in [-0.25, -0.2) is 0 Å². The fraction of sp³-hybridized carbons (Fsp3) is 0.226. The quantitative estimate of drug-likeness (QED) is 0.397. The van der Waals surface area contributed by atoms with E-state index in [4.69, 9.17) is 0 Å². The van der Waals surface area contributed by atoms with Crippen LogP contribution in [0.2, 0.25) is 0 Å². The van der Waals surface area contributed by atoms with Crippen molar-refractivity contribution >= 4 is 11.8 Å². The van der Waals surface area contributed by atoms with Gasteiger partial charge in [0.1, 0.15) is 0 Å².